The number of phosphoric acid groups is 1. The van der Waals surface area contributed by atoms with E-state index in [1.807, 2.05) is 0 Å². The topological polar surface area (TPSA) is 82.1 Å². The molecule has 0 bridgehead atoms. The third-order valence-corrected chi connectivity index (χ3v) is 2.47. The minimum atomic E-state index is -4.02. The molecule has 0 rings (SSSR count). The molecular formula is C9H16FO6P. The van der Waals surface area contributed by atoms with E-state index < -0.39 is 19.6 Å². The van der Waals surface area contributed by atoms with Gasteiger partial charge < -0.3 is 9.63 Å². The van der Waals surface area contributed by atoms with Gasteiger partial charge in [0.1, 0.15) is 0 Å². The van der Waals surface area contributed by atoms with Crippen LogP contribution < -0.4 is 0 Å². The molecule has 17 heavy (non-hydrogen) atoms. The van der Waals surface area contributed by atoms with E-state index in [2.05, 4.69) is 20.4 Å². The highest BCUT2D eigenvalue weighted by Crippen LogP contribution is 2.43. The number of rotatable bonds is 9. The third-order valence-electron chi connectivity index (χ3n) is 1.46. The normalized spacial score (nSPS) is 14.1. The van der Waals surface area contributed by atoms with E-state index >= 15 is 0 Å². The maximum absolute atomic E-state index is 12.1. The van der Waals surface area contributed by atoms with Gasteiger partial charge in [-0.05, 0) is 6.42 Å². The largest absolute Gasteiger partial charge is 0.472 e. The molecule has 0 fully saturated rings. The minimum absolute atomic E-state index is 0.116. The Balaban J connectivity index is 3.60. The second-order valence-electron chi connectivity index (χ2n) is 3.03. The Bertz CT molecular complexity index is 306. The predicted octanol–water partition coefficient (Wildman–Crippen LogP) is 1.95. The fourth-order valence-corrected chi connectivity index (χ4v) is 1.57. The Morgan fingerprint density at radius 2 is 1.94 bits per heavy atom. The van der Waals surface area contributed by atoms with Crippen LogP contribution in [0.5, 0.6) is 0 Å². The van der Waals surface area contributed by atoms with Crippen LogP contribution in [0.2, 0.25) is 0 Å². The van der Waals surface area contributed by atoms with Crippen molar-refractivity contribution in [2.24, 2.45) is 0 Å². The molecule has 0 aromatic rings. The number of hydrogen-bond donors (Lipinski definition) is 1. The van der Waals surface area contributed by atoms with Gasteiger partial charge >= 0.3 is 13.8 Å². The summed E-state index contributed by atoms with van der Waals surface area (Å²) in [6.07, 6.45) is 0.739. The Kier molecular flexibility index (Phi) is 7.99. The van der Waals surface area contributed by atoms with E-state index in [1.54, 1.807) is 6.92 Å². The van der Waals surface area contributed by atoms with Gasteiger partial charge in [-0.2, -0.15) is 4.39 Å². The minimum Gasteiger partial charge on any atom is -0.460 e. The molecule has 1 atom stereocenters. The van der Waals surface area contributed by atoms with Crippen molar-refractivity contribution in [1.82, 2.24) is 0 Å². The van der Waals surface area contributed by atoms with Crippen molar-refractivity contribution in [3.8, 4) is 0 Å². The quantitative estimate of drug-likeness (QED) is 0.298. The molecule has 0 saturated carbocycles. The van der Waals surface area contributed by atoms with Crippen LogP contribution in [0.25, 0.3) is 0 Å². The van der Waals surface area contributed by atoms with Crippen molar-refractivity contribution < 1.29 is 32.4 Å². The molecule has 0 heterocycles. The van der Waals surface area contributed by atoms with Gasteiger partial charge in [0.05, 0.1) is 19.8 Å². The summed E-state index contributed by atoms with van der Waals surface area (Å²) >= 11 is 0. The number of carbonyl (C=O) groups excluding carboxylic acids is 1. The van der Waals surface area contributed by atoms with Crippen LogP contribution in [0.4, 0.5) is 4.39 Å². The highest BCUT2D eigenvalue weighted by atomic mass is 31.2. The zero-order valence-electron chi connectivity index (χ0n) is 9.56. The van der Waals surface area contributed by atoms with E-state index in [0.29, 0.717) is 6.42 Å². The van der Waals surface area contributed by atoms with Crippen LogP contribution >= 0.6 is 7.82 Å². The third kappa shape index (κ3) is 9.00. The average Bonchev–Trinajstić information content (AvgIpc) is 2.25. The number of ether oxygens (including phenoxy) is 1. The zero-order chi connectivity index (χ0) is 13.3. The molecule has 0 aliphatic heterocycles. The molecule has 0 radical (unpaired) electrons. The summed E-state index contributed by atoms with van der Waals surface area (Å²) < 4.78 is 36.7. The average molecular weight is 270 g/mol. The number of hydrogen-bond acceptors (Lipinski definition) is 5. The van der Waals surface area contributed by atoms with Gasteiger partial charge in [-0.25, -0.2) is 9.36 Å². The monoisotopic (exact) mass is 270 g/mol. The van der Waals surface area contributed by atoms with Crippen molar-refractivity contribution in [2.45, 2.75) is 19.8 Å². The summed E-state index contributed by atoms with van der Waals surface area (Å²) in [6.45, 7) is 4.38. The molecule has 0 spiro atoms. The Hall–Kier alpha value is -0.750. The molecular weight excluding hydrogens is 254 g/mol. The van der Waals surface area contributed by atoms with Crippen LogP contribution in [0.3, 0.4) is 0 Å². The Morgan fingerprint density at radius 3 is 2.47 bits per heavy atom. The van der Waals surface area contributed by atoms with Gasteiger partial charge in [0.15, 0.2) is 0 Å². The van der Waals surface area contributed by atoms with Gasteiger partial charge in [-0.3, -0.25) is 9.05 Å². The van der Waals surface area contributed by atoms with Crippen LogP contribution in [0, 0.1) is 0 Å². The van der Waals surface area contributed by atoms with Crippen LogP contribution in [0.15, 0.2) is 12.4 Å². The van der Waals surface area contributed by atoms with E-state index in [4.69, 9.17) is 4.89 Å². The summed E-state index contributed by atoms with van der Waals surface area (Å²) in [5.41, 5.74) is 0. The summed E-state index contributed by atoms with van der Waals surface area (Å²) in [5.74, 6) is -2.34. The van der Waals surface area contributed by atoms with E-state index in [0.717, 1.165) is 0 Å². The maximum Gasteiger partial charge on any atom is 0.472 e. The first-order chi connectivity index (χ1) is 7.89. The van der Waals surface area contributed by atoms with Crippen molar-refractivity contribution >= 4 is 13.8 Å². The smallest absolute Gasteiger partial charge is 0.460 e. The van der Waals surface area contributed by atoms with Gasteiger partial charge in [0.2, 0.25) is 5.83 Å². The molecule has 0 amide bonds. The van der Waals surface area contributed by atoms with Crippen LogP contribution in [0.1, 0.15) is 19.8 Å². The molecule has 0 aliphatic rings. The molecule has 0 aromatic carbocycles. The molecule has 0 aromatic heterocycles. The zero-order valence-corrected chi connectivity index (χ0v) is 10.5. The lowest BCUT2D eigenvalue weighted by molar-refractivity contribution is -0.140. The van der Waals surface area contributed by atoms with Crippen LogP contribution in [-0.4, -0.2) is 30.7 Å². The molecule has 0 aliphatic carbocycles. The van der Waals surface area contributed by atoms with E-state index in [-0.39, 0.29) is 26.2 Å². The molecule has 8 heteroatoms. The summed E-state index contributed by atoms with van der Waals surface area (Å²) in [6, 6.07) is 0. The standard InChI is InChI=1S/C9H16FO6P/c1-3-5-15-17(12,13)16-7-4-6-14-9(11)8(2)10/h2-7H2,1H3,(H,12,13). The molecule has 1 unspecified atom stereocenters. The first-order valence-electron chi connectivity index (χ1n) is 5.02. The molecule has 0 saturated heterocycles. The van der Waals surface area contributed by atoms with E-state index in [1.165, 1.54) is 0 Å². The second-order valence-corrected chi connectivity index (χ2v) is 4.48. The number of esters is 1. The number of carbonyl (C=O) groups is 1. The second kappa shape index (κ2) is 8.36. The van der Waals surface area contributed by atoms with Crippen molar-refractivity contribution in [2.75, 3.05) is 19.8 Å². The van der Waals surface area contributed by atoms with Crippen molar-refractivity contribution in [1.29, 1.82) is 0 Å². The first kappa shape index (κ1) is 16.2. The molecule has 100 valence electrons. The molecule has 6 nitrogen and oxygen atoms in total. The Morgan fingerprint density at radius 1 is 1.35 bits per heavy atom. The van der Waals surface area contributed by atoms with Crippen molar-refractivity contribution in [3.05, 3.63) is 12.4 Å². The predicted molar refractivity (Wildman–Crippen MR) is 57.8 cm³/mol. The summed E-state index contributed by atoms with van der Waals surface area (Å²) in [7, 11) is -4.02. The highest BCUT2D eigenvalue weighted by Gasteiger charge is 2.19. The number of halogens is 1. The SMILES string of the molecule is C=C(F)C(=O)OCCCOP(=O)(O)OCCC. The molecule has 1 N–H and O–H groups in total. The lowest BCUT2D eigenvalue weighted by atomic mass is 10.5. The Labute approximate surface area is 99.0 Å². The fourth-order valence-electron chi connectivity index (χ4n) is 0.726. The lowest BCUT2D eigenvalue weighted by Crippen LogP contribution is -2.07. The first-order valence-corrected chi connectivity index (χ1v) is 6.52. The van der Waals surface area contributed by atoms with Crippen molar-refractivity contribution in [3.63, 3.8) is 0 Å². The van der Waals surface area contributed by atoms with Gasteiger partial charge in [0.25, 0.3) is 0 Å². The van der Waals surface area contributed by atoms with Crippen LogP contribution in [-0.2, 0) is 23.1 Å². The van der Waals surface area contributed by atoms with E-state index in [9.17, 15) is 13.8 Å². The maximum atomic E-state index is 12.1. The summed E-state index contributed by atoms with van der Waals surface area (Å²) in [5, 5.41) is 0. The van der Waals surface area contributed by atoms with Gasteiger partial charge in [0, 0.05) is 6.42 Å². The fraction of sp³-hybridized carbons (Fsp3) is 0.667. The van der Waals surface area contributed by atoms with Gasteiger partial charge in [-0.1, -0.05) is 13.5 Å². The van der Waals surface area contributed by atoms with Gasteiger partial charge in [-0.15, -0.1) is 0 Å². The number of phosphoric ester groups is 1. The summed E-state index contributed by atoms with van der Waals surface area (Å²) in [4.78, 5) is 19.6. The highest BCUT2D eigenvalue weighted by molar-refractivity contribution is 7.47. The lowest BCUT2D eigenvalue weighted by Gasteiger charge is -2.11.